The van der Waals surface area contributed by atoms with Crippen molar-refractivity contribution in [1.29, 1.82) is 0 Å². The summed E-state index contributed by atoms with van der Waals surface area (Å²) in [5, 5.41) is 2.63. The Balaban J connectivity index is 2.34. The minimum atomic E-state index is -4.26. The molecule has 2 atom stereocenters. The highest BCUT2D eigenvalue weighted by Gasteiger charge is 2.45. The van der Waals surface area contributed by atoms with Gasteiger partial charge in [0.25, 0.3) is 0 Å². The zero-order chi connectivity index (χ0) is 13.8. The Morgan fingerprint density at radius 2 is 1.56 bits per heavy atom. The van der Waals surface area contributed by atoms with E-state index in [0.717, 1.165) is 0 Å². The molecule has 1 fully saturated rings. The van der Waals surface area contributed by atoms with E-state index in [1.54, 1.807) is 0 Å². The van der Waals surface area contributed by atoms with Gasteiger partial charge in [0.05, 0.1) is 5.92 Å². The van der Waals surface area contributed by atoms with Crippen molar-refractivity contribution >= 4 is 0 Å². The molecule has 0 aromatic heterocycles. The fourth-order valence-electron chi connectivity index (χ4n) is 2.34. The van der Waals surface area contributed by atoms with Crippen LogP contribution in [0.3, 0.4) is 0 Å². The van der Waals surface area contributed by atoms with Gasteiger partial charge in [0, 0.05) is 12.5 Å². The summed E-state index contributed by atoms with van der Waals surface area (Å²) in [6, 6.07) is -0.730. The van der Waals surface area contributed by atoms with E-state index in [-0.39, 0.29) is 19.4 Å². The van der Waals surface area contributed by atoms with E-state index in [9.17, 15) is 26.3 Å². The number of halogens is 6. The van der Waals surface area contributed by atoms with E-state index < -0.39 is 30.7 Å². The van der Waals surface area contributed by atoms with Crippen LogP contribution in [0.5, 0.6) is 0 Å². The smallest absolute Gasteiger partial charge is 0.313 e. The highest BCUT2D eigenvalue weighted by atomic mass is 19.4. The molecule has 0 radical (unpaired) electrons. The minimum absolute atomic E-state index is 0.0171. The molecular formula is C11H17F6N. The van der Waals surface area contributed by atoms with Crippen LogP contribution in [0.25, 0.3) is 0 Å². The van der Waals surface area contributed by atoms with Crippen LogP contribution in [0.2, 0.25) is 0 Å². The van der Waals surface area contributed by atoms with Crippen molar-refractivity contribution in [3.05, 3.63) is 0 Å². The normalized spacial score (nSPS) is 26.3. The van der Waals surface area contributed by atoms with Crippen LogP contribution in [-0.4, -0.2) is 24.9 Å². The van der Waals surface area contributed by atoms with Gasteiger partial charge in [-0.2, -0.15) is 26.3 Å². The molecule has 18 heavy (non-hydrogen) atoms. The summed E-state index contributed by atoms with van der Waals surface area (Å²) in [7, 11) is 0. The summed E-state index contributed by atoms with van der Waals surface area (Å²) in [5.41, 5.74) is 0. The Bertz CT molecular complexity index is 247. The molecule has 108 valence electrons. The van der Waals surface area contributed by atoms with Crippen LogP contribution >= 0.6 is 0 Å². The molecule has 1 aliphatic rings. The second-order valence-electron chi connectivity index (χ2n) is 4.71. The van der Waals surface area contributed by atoms with Gasteiger partial charge in [0.2, 0.25) is 0 Å². The third-order valence-corrected chi connectivity index (χ3v) is 3.23. The van der Waals surface area contributed by atoms with Gasteiger partial charge in [-0.1, -0.05) is 12.8 Å². The van der Waals surface area contributed by atoms with E-state index in [4.69, 9.17) is 0 Å². The number of hydrogen-bond donors (Lipinski definition) is 1. The first-order valence-electron chi connectivity index (χ1n) is 6.07. The highest BCUT2D eigenvalue weighted by molar-refractivity contribution is 4.85. The molecule has 0 heterocycles. The number of rotatable bonds is 4. The van der Waals surface area contributed by atoms with Crippen molar-refractivity contribution in [3.63, 3.8) is 0 Å². The van der Waals surface area contributed by atoms with Crippen molar-refractivity contribution in [2.24, 2.45) is 5.92 Å². The predicted molar refractivity (Wildman–Crippen MR) is 55.1 cm³/mol. The zero-order valence-corrected chi connectivity index (χ0v) is 9.87. The third-order valence-electron chi connectivity index (χ3n) is 3.23. The fourth-order valence-corrected chi connectivity index (χ4v) is 2.34. The minimum Gasteiger partial charge on any atom is -0.313 e. The lowest BCUT2D eigenvalue weighted by Crippen LogP contribution is -2.45. The standard InChI is InChI=1S/C11H17F6N/c12-10(13,14)6-3-7-18-9-5-2-1-4-8(9)11(15,16)17/h8-9,18H,1-7H2. The summed E-state index contributed by atoms with van der Waals surface area (Å²) < 4.78 is 73.6. The van der Waals surface area contributed by atoms with Gasteiger partial charge in [-0.15, -0.1) is 0 Å². The van der Waals surface area contributed by atoms with Crippen molar-refractivity contribution in [1.82, 2.24) is 5.32 Å². The number of hydrogen-bond acceptors (Lipinski definition) is 1. The number of nitrogens with one attached hydrogen (secondary N) is 1. The number of alkyl halides is 6. The summed E-state index contributed by atoms with van der Waals surface area (Å²) >= 11 is 0. The quantitative estimate of drug-likeness (QED) is 0.604. The molecule has 7 heteroatoms. The van der Waals surface area contributed by atoms with Gasteiger partial charge in [0.1, 0.15) is 0 Å². The van der Waals surface area contributed by atoms with E-state index in [1.807, 2.05) is 0 Å². The lowest BCUT2D eigenvalue weighted by molar-refractivity contribution is -0.189. The van der Waals surface area contributed by atoms with Gasteiger partial charge in [-0.05, 0) is 25.8 Å². The van der Waals surface area contributed by atoms with Crippen LogP contribution in [-0.2, 0) is 0 Å². The molecule has 0 aliphatic heterocycles. The van der Waals surface area contributed by atoms with E-state index >= 15 is 0 Å². The Morgan fingerprint density at radius 1 is 0.944 bits per heavy atom. The topological polar surface area (TPSA) is 12.0 Å². The first-order chi connectivity index (χ1) is 8.20. The van der Waals surface area contributed by atoms with Gasteiger partial charge in [0.15, 0.2) is 0 Å². The van der Waals surface area contributed by atoms with Crippen LogP contribution < -0.4 is 5.32 Å². The molecule has 0 aromatic carbocycles. The summed E-state index contributed by atoms with van der Waals surface area (Å²) in [4.78, 5) is 0. The lowest BCUT2D eigenvalue weighted by Gasteiger charge is -2.33. The molecular weight excluding hydrogens is 260 g/mol. The average molecular weight is 277 g/mol. The van der Waals surface area contributed by atoms with Gasteiger partial charge < -0.3 is 5.32 Å². The molecule has 2 unspecified atom stereocenters. The molecule has 0 bridgehead atoms. The summed E-state index contributed by atoms with van der Waals surface area (Å²) in [6.07, 6.45) is -7.95. The van der Waals surface area contributed by atoms with Crippen molar-refractivity contribution < 1.29 is 26.3 Å². The molecule has 1 nitrogen and oxygen atoms in total. The molecule has 1 rings (SSSR count). The van der Waals surface area contributed by atoms with E-state index in [1.165, 1.54) is 0 Å². The molecule has 0 aromatic rings. The van der Waals surface area contributed by atoms with Crippen LogP contribution in [0.4, 0.5) is 26.3 Å². The largest absolute Gasteiger partial charge is 0.393 e. The Kier molecular flexibility index (Phi) is 5.31. The highest BCUT2D eigenvalue weighted by Crippen LogP contribution is 2.37. The molecule has 0 saturated heterocycles. The fraction of sp³-hybridized carbons (Fsp3) is 1.00. The molecule has 1 N–H and O–H groups in total. The SMILES string of the molecule is FC(F)(F)CCCNC1CCCCC1C(F)(F)F. The van der Waals surface area contributed by atoms with Crippen molar-refractivity contribution in [3.8, 4) is 0 Å². The second kappa shape index (κ2) is 6.12. The molecule has 0 amide bonds. The van der Waals surface area contributed by atoms with Gasteiger partial charge in [-0.3, -0.25) is 0 Å². The zero-order valence-electron chi connectivity index (χ0n) is 9.87. The Morgan fingerprint density at radius 3 is 2.11 bits per heavy atom. The van der Waals surface area contributed by atoms with Gasteiger partial charge in [-0.25, -0.2) is 0 Å². The van der Waals surface area contributed by atoms with Crippen molar-refractivity contribution in [2.75, 3.05) is 6.54 Å². The molecule has 1 aliphatic carbocycles. The Hall–Kier alpha value is -0.460. The predicted octanol–water partition coefficient (Wildman–Crippen LogP) is 4.04. The summed E-state index contributed by atoms with van der Waals surface area (Å²) in [6.45, 7) is -0.0171. The van der Waals surface area contributed by atoms with Crippen LogP contribution in [0.1, 0.15) is 38.5 Å². The van der Waals surface area contributed by atoms with Crippen LogP contribution in [0.15, 0.2) is 0 Å². The molecule has 1 saturated carbocycles. The maximum Gasteiger partial charge on any atom is 0.393 e. The van der Waals surface area contributed by atoms with Crippen LogP contribution in [0, 0.1) is 5.92 Å². The second-order valence-corrected chi connectivity index (χ2v) is 4.71. The lowest BCUT2D eigenvalue weighted by atomic mass is 9.84. The van der Waals surface area contributed by atoms with E-state index in [0.29, 0.717) is 19.3 Å². The molecule has 0 spiro atoms. The first kappa shape index (κ1) is 15.6. The average Bonchev–Trinajstić information content (AvgIpc) is 2.22. The summed E-state index contributed by atoms with van der Waals surface area (Å²) in [5.74, 6) is -1.42. The first-order valence-corrected chi connectivity index (χ1v) is 6.07. The maximum absolute atomic E-state index is 12.7. The van der Waals surface area contributed by atoms with Gasteiger partial charge >= 0.3 is 12.4 Å². The third kappa shape index (κ3) is 5.46. The van der Waals surface area contributed by atoms with Crippen molar-refractivity contribution in [2.45, 2.75) is 56.9 Å². The maximum atomic E-state index is 12.7. The van der Waals surface area contributed by atoms with E-state index in [2.05, 4.69) is 5.32 Å². The Labute approximate surface area is 102 Å². The monoisotopic (exact) mass is 277 g/mol.